The van der Waals surface area contributed by atoms with Crippen LogP contribution in [0.15, 0.2) is 36.7 Å². The highest BCUT2D eigenvalue weighted by atomic mass is 19.1. The average Bonchev–Trinajstić information content (AvgIpc) is 2.70. The van der Waals surface area contributed by atoms with Gasteiger partial charge in [-0.3, -0.25) is 0 Å². The van der Waals surface area contributed by atoms with Crippen molar-refractivity contribution in [2.24, 2.45) is 0 Å². The van der Waals surface area contributed by atoms with Crippen molar-refractivity contribution in [1.82, 2.24) is 9.97 Å². The zero-order chi connectivity index (χ0) is 17.8. The third kappa shape index (κ3) is 3.89. The molecule has 1 aromatic carbocycles. The molecule has 6 heteroatoms. The van der Waals surface area contributed by atoms with Crippen molar-refractivity contribution in [2.75, 3.05) is 41.3 Å². The number of para-hydroxylation sites is 1. The molecule has 0 amide bonds. The van der Waals surface area contributed by atoms with E-state index in [1.807, 2.05) is 18.2 Å². The molecule has 2 aliphatic rings. The van der Waals surface area contributed by atoms with Gasteiger partial charge in [0.05, 0.1) is 5.69 Å². The van der Waals surface area contributed by atoms with Gasteiger partial charge in [0.2, 0.25) is 0 Å². The Kier molecular flexibility index (Phi) is 5.18. The number of benzene rings is 1. The standard InChI is InChI=1S/C20H26FN5/c21-17-8-4-5-9-18(17)25-10-12-26(13-11-25)20-14-19(22-15-23-20)24-16-6-2-1-3-7-16/h4-5,8-9,14-16H,1-3,6-7,10-13H2,(H,22,23,24). The van der Waals surface area contributed by atoms with E-state index >= 15 is 0 Å². The van der Waals surface area contributed by atoms with Gasteiger partial charge < -0.3 is 15.1 Å². The quantitative estimate of drug-likeness (QED) is 0.906. The van der Waals surface area contributed by atoms with Crippen molar-refractivity contribution in [2.45, 2.75) is 38.1 Å². The van der Waals surface area contributed by atoms with Gasteiger partial charge in [0.15, 0.2) is 0 Å². The Morgan fingerprint density at radius 3 is 2.42 bits per heavy atom. The molecule has 2 fully saturated rings. The molecule has 26 heavy (non-hydrogen) atoms. The molecule has 0 unspecified atom stereocenters. The predicted molar refractivity (Wildman–Crippen MR) is 103 cm³/mol. The first-order valence-corrected chi connectivity index (χ1v) is 9.62. The number of piperazine rings is 1. The van der Waals surface area contributed by atoms with Gasteiger partial charge in [0.25, 0.3) is 0 Å². The molecule has 5 nitrogen and oxygen atoms in total. The van der Waals surface area contributed by atoms with Crippen LogP contribution in [0.3, 0.4) is 0 Å². The highest BCUT2D eigenvalue weighted by Gasteiger charge is 2.21. The van der Waals surface area contributed by atoms with Crippen LogP contribution < -0.4 is 15.1 Å². The Balaban J connectivity index is 1.38. The fourth-order valence-corrected chi connectivity index (χ4v) is 3.94. The summed E-state index contributed by atoms with van der Waals surface area (Å²) >= 11 is 0. The Hall–Kier alpha value is -2.37. The van der Waals surface area contributed by atoms with Crippen molar-refractivity contribution in [3.63, 3.8) is 0 Å². The number of hydrogen-bond acceptors (Lipinski definition) is 5. The van der Waals surface area contributed by atoms with E-state index in [1.165, 1.54) is 38.2 Å². The van der Waals surface area contributed by atoms with Gasteiger partial charge in [-0.15, -0.1) is 0 Å². The summed E-state index contributed by atoms with van der Waals surface area (Å²) in [7, 11) is 0. The summed E-state index contributed by atoms with van der Waals surface area (Å²) in [5.74, 6) is 1.71. The van der Waals surface area contributed by atoms with Crippen LogP contribution in [-0.4, -0.2) is 42.2 Å². The van der Waals surface area contributed by atoms with E-state index in [4.69, 9.17) is 0 Å². The minimum Gasteiger partial charge on any atom is -0.367 e. The number of anilines is 3. The Morgan fingerprint density at radius 2 is 1.65 bits per heavy atom. The van der Waals surface area contributed by atoms with Gasteiger partial charge in [0, 0.05) is 38.3 Å². The molecule has 4 rings (SSSR count). The van der Waals surface area contributed by atoms with Crippen LogP contribution >= 0.6 is 0 Å². The topological polar surface area (TPSA) is 44.3 Å². The van der Waals surface area contributed by atoms with Crippen LogP contribution in [0.5, 0.6) is 0 Å². The van der Waals surface area contributed by atoms with Crippen molar-refractivity contribution >= 4 is 17.3 Å². The highest BCUT2D eigenvalue weighted by molar-refractivity contribution is 5.52. The third-order valence-corrected chi connectivity index (χ3v) is 5.41. The number of aromatic nitrogens is 2. The summed E-state index contributed by atoms with van der Waals surface area (Å²) in [4.78, 5) is 13.2. The van der Waals surface area contributed by atoms with E-state index < -0.39 is 0 Å². The molecule has 0 bridgehead atoms. The molecule has 1 N–H and O–H groups in total. The molecule has 1 aromatic heterocycles. The van der Waals surface area contributed by atoms with Gasteiger partial charge >= 0.3 is 0 Å². The van der Waals surface area contributed by atoms with Crippen LogP contribution in [-0.2, 0) is 0 Å². The predicted octanol–water partition coefficient (Wildman–Crippen LogP) is 3.69. The Labute approximate surface area is 154 Å². The smallest absolute Gasteiger partial charge is 0.146 e. The Bertz CT molecular complexity index is 724. The lowest BCUT2D eigenvalue weighted by Crippen LogP contribution is -2.47. The fraction of sp³-hybridized carbons (Fsp3) is 0.500. The van der Waals surface area contributed by atoms with E-state index in [2.05, 4.69) is 25.1 Å². The van der Waals surface area contributed by atoms with E-state index in [0.29, 0.717) is 11.7 Å². The van der Waals surface area contributed by atoms with Crippen LogP contribution in [0.25, 0.3) is 0 Å². The zero-order valence-corrected chi connectivity index (χ0v) is 15.1. The molecular weight excluding hydrogens is 329 g/mol. The van der Waals surface area contributed by atoms with Crippen LogP contribution in [0.2, 0.25) is 0 Å². The van der Waals surface area contributed by atoms with Crippen molar-refractivity contribution in [3.05, 3.63) is 42.5 Å². The Morgan fingerprint density at radius 1 is 0.923 bits per heavy atom. The summed E-state index contributed by atoms with van der Waals surface area (Å²) in [6, 6.07) is 9.57. The lowest BCUT2D eigenvalue weighted by atomic mass is 9.95. The van der Waals surface area contributed by atoms with Gasteiger partial charge in [0.1, 0.15) is 23.8 Å². The fourth-order valence-electron chi connectivity index (χ4n) is 3.94. The minimum absolute atomic E-state index is 0.151. The number of rotatable bonds is 4. The van der Waals surface area contributed by atoms with Gasteiger partial charge in [-0.25, -0.2) is 14.4 Å². The first kappa shape index (κ1) is 17.1. The van der Waals surface area contributed by atoms with Crippen LogP contribution in [0.4, 0.5) is 21.7 Å². The molecule has 138 valence electrons. The number of hydrogen-bond donors (Lipinski definition) is 1. The van der Waals surface area contributed by atoms with E-state index in [-0.39, 0.29) is 5.82 Å². The molecular formula is C20H26FN5. The van der Waals surface area contributed by atoms with Crippen molar-refractivity contribution < 1.29 is 4.39 Å². The maximum Gasteiger partial charge on any atom is 0.146 e. The van der Waals surface area contributed by atoms with Crippen LogP contribution in [0.1, 0.15) is 32.1 Å². The lowest BCUT2D eigenvalue weighted by Gasteiger charge is -2.36. The summed E-state index contributed by atoms with van der Waals surface area (Å²) in [5.41, 5.74) is 0.689. The van der Waals surface area contributed by atoms with Crippen molar-refractivity contribution in [1.29, 1.82) is 0 Å². The molecule has 2 heterocycles. The van der Waals surface area contributed by atoms with Gasteiger partial charge in [-0.05, 0) is 25.0 Å². The monoisotopic (exact) mass is 355 g/mol. The SMILES string of the molecule is Fc1ccccc1N1CCN(c2cc(NC3CCCCC3)ncn2)CC1. The zero-order valence-electron chi connectivity index (χ0n) is 15.1. The second kappa shape index (κ2) is 7.89. The highest BCUT2D eigenvalue weighted by Crippen LogP contribution is 2.24. The average molecular weight is 355 g/mol. The summed E-state index contributed by atoms with van der Waals surface area (Å²) in [6.07, 6.45) is 8.03. The third-order valence-electron chi connectivity index (χ3n) is 5.41. The largest absolute Gasteiger partial charge is 0.367 e. The summed E-state index contributed by atoms with van der Waals surface area (Å²) in [5, 5.41) is 3.56. The first-order chi connectivity index (χ1) is 12.8. The summed E-state index contributed by atoms with van der Waals surface area (Å²) < 4.78 is 14.0. The van der Waals surface area contributed by atoms with Gasteiger partial charge in [-0.2, -0.15) is 0 Å². The second-order valence-corrected chi connectivity index (χ2v) is 7.17. The maximum absolute atomic E-state index is 14.0. The van der Waals surface area contributed by atoms with E-state index in [1.54, 1.807) is 12.4 Å². The summed E-state index contributed by atoms with van der Waals surface area (Å²) in [6.45, 7) is 3.23. The molecule has 0 spiro atoms. The molecule has 2 aromatic rings. The number of nitrogens with one attached hydrogen (secondary N) is 1. The van der Waals surface area contributed by atoms with E-state index in [0.717, 1.165) is 37.8 Å². The normalized spacial score (nSPS) is 18.8. The van der Waals surface area contributed by atoms with Gasteiger partial charge in [-0.1, -0.05) is 31.4 Å². The maximum atomic E-state index is 14.0. The molecule has 1 aliphatic heterocycles. The second-order valence-electron chi connectivity index (χ2n) is 7.17. The molecule has 0 atom stereocenters. The number of halogens is 1. The number of nitrogens with zero attached hydrogens (tertiary/aromatic N) is 4. The van der Waals surface area contributed by atoms with Crippen LogP contribution in [0, 0.1) is 5.82 Å². The molecule has 1 saturated heterocycles. The molecule has 1 aliphatic carbocycles. The van der Waals surface area contributed by atoms with E-state index in [9.17, 15) is 4.39 Å². The van der Waals surface area contributed by atoms with Crippen molar-refractivity contribution in [3.8, 4) is 0 Å². The minimum atomic E-state index is -0.151. The molecule has 0 radical (unpaired) electrons. The lowest BCUT2D eigenvalue weighted by molar-refractivity contribution is 0.462. The first-order valence-electron chi connectivity index (χ1n) is 9.62. The molecule has 1 saturated carbocycles.